The molecule has 0 unspecified atom stereocenters. The summed E-state index contributed by atoms with van der Waals surface area (Å²) < 4.78 is 5.44. The van der Waals surface area contributed by atoms with Crippen molar-refractivity contribution in [3.05, 3.63) is 24.2 Å². The zero-order chi connectivity index (χ0) is 11.4. The number of hydrogen-bond donors (Lipinski definition) is 1. The predicted octanol–water partition coefficient (Wildman–Crippen LogP) is 2.41. The van der Waals surface area contributed by atoms with Gasteiger partial charge in [0.15, 0.2) is 0 Å². The molecular weight excluding hydrogens is 200 g/mol. The first-order chi connectivity index (χ1) is 7.77. The number of nitrogens with one attached hydrogen (secondary N) is 1. The van der Waals surface area contributed by atoms with Gasteiger partial charge in [0.25, 0.3) is 0 Å². The molecule has 1 aromatic rings. The van der Waals surface area contributed by atoms with Gasteiger partial charge in [-0.05, 0) is 45.5 Å². The highest BCUT2D eigenvalue weighted by atomic mass is 16.3. The van der Waals surface area contributed by atoms with Gasteiger partial charge in [0.2, 0.25) is 0 Å². The Bertz CT molecular complexity index is 291. The molecule has 0 aliphatic carbocycles. The van der Waals surface area contributed by atoms with Crippen LogP contribution in [0.25, 0.3) is 0 Å². The monoisotopic (exact) mass is 222 g/mol. The third kappa shape index (κ3) is 2.86. The smallest absolute Gasteiger partial charge is 0.120 e. The van der Waals surface area contributed by atoms with Gasteiger partial charge in [-0.15, -0.1) is 0 Å². The summed E-state index contributed by atoms with van der Waals surface area (Å²) in [6, 6.07) is 5.02. The van der Waals surface area contributed by atoms with Crippen molar-refractivity contribution in [3.8, 4) is 0 Å². The SMILES string of the molecule is C[C@H](c1ccco1)N(C)C[C@H]1CCCCN1. The van der Waals surface area contributed by atoms with Crippen molar-refractivity contribution in [2.45, 2.75) is 38.3 Å². The fraction of sp³-hybridized carbons (Fsp3) is 0.692. The molecule has 0 radical (unpaired) electrons. The average molecular weight is 222 g/mol. The van der Waals surface area contributed by atoms with Gasteiger partial charge in [0.05, 0.1) is 12.3 Å². The molecule has 0 amide bonds. The molecule has 2 atom stereocenters. The first kappa shape index (κ1) is 11.7. The summed E-state index contributed by atoms with van der Waals surface area (Å²) in [5.74, 6) is 1.05. The largest absolute Gasteiger partial charge is 0.468 e. The quantitative estimate of drug-likeness (QED) is 0.848. The molecule has 0 aromatic carbocycles. The molecule has 1 aromatic heterocycles. The Morgan fingerprint density at radius 2 is 2.44 bits per heavy atom. The number of furan rings is 1. The number of hydrogen-bond acceptors (Lipinski definition) is 3. The third-order valence-electron chi connectivity index (χ3n) is 3.54. The highest BCUT2D eigenvalue weighted by Gasteiger charge is 2.19. The van der Waals surface area contributed by atoms with Crippen molar-refractivity contribution in [2.24, 2.45) is 0 Å². The molecule has 0 saturated carbocycles. The second-order valence-electron chi connectivity index (χ2n) is 4.78. The fourth-order valence-electron chi connectivity index (χ4n) is 2.33. The normalized spacial score (nSPS) is 23.6. The Labute approximate surface area is 97.8 Å². The molecule has 2 rings (SSSR count). The summed E-state index contributed by atoms with van der Waals surface area (Å²) in [4.78, 5) is 2.36. The van der Waals surface area contributed by atoms with Gasteiger partial charge in [-0.1, -0.05) is 6.42 Å². The van der Waals surface area contributed by atoms with Crippen molar-refractivity contribution in [3.63, 3.8) is 0 Å². The van der Waals surface area contributed by atoms with Crippen LogP contribution in [0.15, 0.2) is 22.8 Å². The second kappa shape index (κ2) is 5.51. The van der Waals surface area contributed by atoms with Crippen molar-refractivity contribution in [1.29, 1.82) is 0 Å². The van der Waals surface area contributed by atoms with Crippen LogP contribution in [0.1, 0.15) is 38.0 Å². The molecule has 1 aliphatic heterocycles. The van der Waals surface area contributed by atoms with E-state index in [9.17, 15) is 0 Å². The minimum Gasteiger partial charge on any atom is -0.468 e. The van der Waals surface area contributed by atoms with Gasteiger partial charge in [0.1, 0.15) is 5.76 Å². The van der Waals surface area contributed by atoms with E-state index >= 15 is 0 Å². The molecule has 3 heteroatoms. The van der Waals surface area contributed by atoms with E-state index < -0.39 is 0 Å². The van der Waals surface area contributed by atoms with Crippen LogP contribution in [0.3, 0.4) is 0 Å². The number of piperidine rings is 1. The Morgan fingerprint density at radius 1 is 1.56 bits per heavy atom. The van der Waals surface area contributed by atoms with Crippen LogP contribution in [-0.2, 0) is 0 Å². The van der Waals surface area contributed by atoms with E-state index in [-0.39, 0.29) is 0 Å². The molecule has 90 valence electrons. The molecule has 1 aliphatic rings. The molecule has 16 heavy (non-hydrogen) atoms. The van der Waals surface area contributed by atoms with E-state index in [1.165, 1.54) is 25.8 Å². The Kier molecular flexibility index (Phi) is 4.02. The molecular formula is C13H22N2O. The van der Waals surface area contributed by atoms with Gasteiger partial charge in [-0.3, -0.25) is 4.90 Å². The molecule has 1 fully saturated rings. The van der Waals surface area contributed by atoms with Crippen LogP contribution >= 0.6 is 0 Å². The lowest BCUT2D eigenvalue weighted by Crippen LogP contribution is -2.43. The van der Waals surface area contributed by atoms with E-state index in [4.69, 9.17) is 4.42 Å². The van der Waals surface area contributed by atoms with Crippen LogP contribution in [0.5, 0.6) is 0 Å². The Morgan fingerprint density at radius 3 is 3.06 bits per heavy atom. The maximum absolute atomic E-state index is 5.44. The molecule has 0 spiro atoms. The fourth-order valence-corrected chi connectivity index (χ4v) is 2.33. The van der Waals surface area contributed by atoms with Gasteiger partial charge >= 0.3 is 0 Å². The van der Waals surface area contributed by atoms with E-state index in [2.05, 4.69) is 30.3 Å². The van der Waals surface area contributed by atoms with Crippen LogP contribution in [0, 0.1) is 0 Å². The summed E-state index contributed by atoms with van der Waals surface area (Å²) in [6.45, 7) is 4.47. The second-order valence-corrected chi connectivity index (χ2v) is 4.78. The summed E-state index contributed by atoms with van der Waals surface area (Å²) in [6.07, 6.45) is 5.74. The van der Waals surface area contributed by atoms with Gasteiger partial charge in [-0.2, -0.15) is 0 Å². The summed E-state index contributed by atoms with van der Waals surface area (Å²) in [5, 5.41) is 3.58. The highest BCUT2D eigenvalue weighted by Crippen LogP contribution is 2.20. The van der Waals surface area contributed by atoms with Crippen molar-refractivity contribution in [1.82, 2.24) is 10.2 Å². The standard InChI is InChI=1S/C13H22N2O/c1-11(13-7-5-9-16-13)15(2)10-12-6-3-4-8-14-12/h5,7,9,11-12,14H,3-4,6,8,10H2,1-2H3/t11-,12-/m1/s1. The molecule has 1 N–H and O–H groups in total. The summed E-state index contributed by atoms with van der Waals surface area (Å²) >= 11 is 0. The maximum Gasteiger partial charge on any atom is 0.120 e. The van der Waals surface area contributed by atoms with E-state index in [1.54, 1.807) is 6.26 Å². The lowest BCUT2D eigenvalue weighted by molar-refractivity contribution is 0.195. The highest BCUT2D eigenvalue weighted by molar-refractivity contribution is 5.03. The lowest BCUT2D eigenvalue weighted by atomic mass is 10.0. The zero-order valence-electron chi connectivity index (χ0n) is 10.3. The maximum atomic E-state index is 5.44. The number of likely N-dealkylation sites (N-methyl/N-ethyl adjacent to an activating group) is 1. The van der Waals surface area contributed by atoms with Crippen LogP contribution in [0.4, 0.5) is 0 Å². The molecule has 3 nitrogen and oxygen atoms in total. The van der Waals surface area contributed by atoms with E-state index in [0.29, 0.717) is 12.1 Å². The van der Waals surface area contributed by atoms with E-state index in [1.807, 2.05) is 6.07 Å². The number of rotatable bonds is 4. The first-order valence-electron chi connectivity index (χ1n) is 6.24. The van der Waals surface area contributed by atoms with Crippen LogP contribution in [0.2, 0.25) is 0 Å². The molecule has 0 bridgehead atoms. The molecule has 2 heterocycles. The first-order valence-corrected chi connectivity index (χ1v) is 6.24. The van der Waals surface area contributed by atoms with Crippen molar-refractivity contribution in [2.75, 3.05) is 20.1 Å². The molecule has 1 saturated heterocycles. The Hall–Kier alpha value is -0.800. The minimum absolute atomic E-state index is 0.360. The number of nitrogens with zero attached hydrogens (tertiary/aromatic N) is 1. The van der Waals surface area contributed by atoms with E-state index in [0.717, 1.165) is 12.3 Å². The Balaban J connectivity index is 1.84. The van der Waals surface area contributed by atoms with Crippen LogP contribution in [-0.4, -0.2) is 31.1 Å². The summed E-state index contributed by atoms with van der Waals surface area (Å²) in [7, 11) is 2.17. The van der Waals surface area contributed by atoms with Crippen molar-refractivity contribution >= 4 is 0 Å². The van der Waals surface area contributed by atoms with Crippen LogP contribution < -0.4 is 5.32 Å². The predicted molar refractivity (Wildman–Crippen MR) is 65.4 cm³/mol. The topological polar surface area (TPSA) is 28.4 Å². The third-order valence-corrected chi connectivity index (χ3v) is 3.54. The summed E-state index contributed by atoms with van der Waals surface area (Å²) in [5.41, 5.74) is 0. The van der Waals surface area contributed by atoms with Gasteiger partial charge in [-0.25, -0.2) is 0 Å². The van der Waals surface area contributed by atoms with Crippen molar-refractivity contribution < 1.29 is 4.42 Å². The average Bonchev–Trinajstić information content (AvgIpc) is 2.83. The van der Waals surface area contributed by atoms with Gasteiger partial charge in [0, 0.05) is 12.6 Å². The zero-order valence-corrected chi connectivity index (χ0v) is 10.3. The van der Waals surface area contributed by atoms with Gasteiger partial charge < -0.3 is 9.73 Å². The minimum atomic E-state index is 0.360. The lowest BCUT2D eigenvalue weighted by Gasteiger charge is -2.30.